The molecule has 5 nitrogen and oxygen atoms in total. The average molecular weight is 240 g/mol. The summed E-state index contributed by atoms with van der Waals surface area (Å²) in [6.45, 7) is 6.60. The molecule has 1 unspecified atom stereocenters. The van der Waals surface area contributed by atoms with Crippen molar-refractivity contribution in [2.75, 3.05) is 6.61 Å². The first-order valence-electron chi connectivity index (χ1n) is 5.27. The number of ether oxygens (including phenoxy) is 1. The van der Waals surface area contributed by atoms with Gasteiger partial charge in [-0.25, -0.2) is 4.79 Å². The number of para-hydroxylation sites is 1. The van der Waals surface area contributed by atoms with Crippen LogP contribution in [0.25, 0.3) is 0 Å². The summed E-state index contributed by atoms with van der Waals surface area (Å²) in [5.74, 6) is 0.972. The van der Waals surface area contributed by atoms with Gasteiger partial charge in [-0.3, -0.25) is 0 Å². The van der Waals surface area contributed by atoms with Gasteiger partial charge in [-0.15, -0.1) is 0 Å². The van der Waals surface area contributed by atoms with Crippen LogP contribution in [0.15, 0.2) is 18.2 Å². The van der Waals surface area contributed by atoms with Crippen LogP contribution in [0.5, 0.6) is 5.75 Å². The number of hydrogen-bond acceptors (Lipinski definition) is 3. The normalized spacial score (nSPS) is 11.1. The van der Waals surface area contributed by atoms with Crippen LogP contribution in [-0.4, -0.2) is 23.8 Å². The molecule has 0 aliphatic heterocycles. The molecule has 0 saturated heterocycles. The zero-order valence-electron chi connectivity index (χ0n) is 10.4. The smallest absolute Gasteiger partial charge is 0.402 e. The Balaban J connectivity index is 0.000000557. The molecule has 0 heterocycles. The highest BCUT2D eigenvalue weighted by Crippen LogP contribution is 2.22. The average Bonchev–Trinajstić information content (AvgIpc) is 2.15. The van der Waals surface area contributed by atoms with E-state index < -0.39 is 6.09 Å². The minimum Gasteiger partial charge on any atom is -0.491 e. The van der Waals surface area contributed by atoms with Gasteiger partial charge in [-0.2, -0.15) is 0 Å². The van der Waals surface area contributed by atoms with Crippen molar-refractivity contribution in [3.8, 4) is 5.75 Å². The second-order valence-corrected chi connectivity index (χ2v) is 3.85. The fraction of sp³-hybridized carbons (Fsp3) is 0.417. The molecular formula is C12H20N2O3. The molecule has 0 bridgehead atoms. The van der Waals surface area contributed by atoms with Crippen LogP contribution in [0.3, 0.4) is 0 Å². The predicted octanol–water partition coefficient (Wildman–Crippen LogP) is 1.65. The number of hydrogen-bond donors (Lipinski definition) is 3. The monoisotopic (exact) mass is 240 g/mol. The first-order valence-corrected chi connectivity index (χ1v) is 5.27. The van der Waals surface area contributed by atoms with Crippen molar-refractivity contribution in [3.63, 3.8) is 0 Å². The summed E-state index contributed by atoms with van der Waals surface area (Å²) in [6, 6.07) is 6.20. The van der Waals surface area contributed by atoms with Gasteiger partial charge in [-0.05, 0) is 31.9 Å². The van der Waals surface area contributed by atoms with Gasteiger partial charge in [0.05, 0.1) is 0 Å². The lowest BCUT2D eigenvalue weighted by Crippen LogP contribution is -2.24. The van der Waals surface area contributed by atoms with Gasteiger partial charge >= 0.3 is 6.09 Å². The number of amides is 1. The number of aryl methyl sites for hydroxylation is 2. The van der Waals surface area contributed by atoms with Gasteiger partial charge in [0.1, 0.15) is 12.4 Å². The fourth-order valence-corrected chi connectivity index (χ4v) is 1.24. The lowest BCUT2D eigenvalue weighted by atomic mass is 10.1. The second-order valence-electron chi connectivity index (χ2n) is 3.85. The Morgan fingerprint density at radius 3 is 2.18 bits per heavy atom. The van der Waals surface area contributed by atoms with E-state index in [2.05, 4.69) is 5.73 Å². The summed E-state index contributed by atoms with van der Waals surface area (Å²) in [5.41, 5.74) is 12.0. The van der Waals surface area contributed by atoms with E-state index in [9.17, 15) is 0 Å². The largest absolute Gasteiger partial charge is 0.491 e. The summed E-state index contributed by atoms with van der Waals surface area (Å²) in [6.07, 6.45) is -1.33. The van der Waals surface area contributed by atoms with Gasteiger partial charge in [0.25, 0.3) is 0 Å². The summed E-state index contributed by atoms with van der Waals surface area (Å²) < 4.78 is 5.60. The van der Waals surface area contributed by atoms with E-state index in [1.165, 1.54) is 11.1 Å². The Morgan fingerprint density at radius 1 is 1.41 bits per heavy atom. The Kier molecular flexibility index (Phi) is 6.74. The molecule has 0 aliphatic carbocycles. The zero-order chi connectivity index (χ0) is 13.4. The Morgan fingerprint density at radius 2 is 1.82 bits per heavy atom. The lowest BCUT2D eigenvalue weighted by molar-refractivity contribution is 0.205. The molecule has 96 valence electrons. The van der Waals surface area contributed by atoms with Crippen molar-refractivity contribution in [2.24, 2.45) is 11.5 Å². The molecule has 0 radical (unpaired) electrons. The number of primary amides is 1. The molecule has 1 rings (SSSR count). The van der Waals surface area contributed by atoms with Crippen LogP contribution in [0.2, 0.25) is 0 Å². The van der Waals surface area contributed by atoms with E-state index in [0.29, 0.717) is 6.61 Å². The first kappa shape index (κ1) is 15.2. The zero-order valence-corrected chi connectivity index (χ0v) is 10.4. The number of rotatable bonds is 3. The van der Waals surface area contributed by atoms with Crippen LogP contribution >= 0.6 is 0 Å². The molecule has 0 aliphatic rings. The SMILES string of the molecule is Cc1cccc(C)c1OCC(C)N.NC(=O)O. The maximum Gasteiger partial charge on any atom is 0.402 e. The summed E-state index contributed by atoms with van der Waals surface area (Å²) in [5, 5.41) is 7.19. The molecule has 1 aromatic rings. The van der Waals surface area contributed by atoms with Crippen LogP contribution in [0.1, 0.15) is 18.1 Å². The highest BCUT2D eigenvalue weighted by molar-refractivity contribution is 5.61. The Hall–Kier alpha value is -1.75. The van der Waals surface area contributed by atoms with Crippen molar-refractivity contribution in [1.82, 2.24) is 0 Å². The number of nitrogens with two attached hydrogens (primary N) is 2. The Bertz CT molecular complexity index is 341. The number of carboxylic acid groups (broad SMARTS) is 1. The lowest BCUT2D eigenvalue weighted by Gasteiger charge is -2.13. The molecule has 0 fully saturated rings. The predicted molar refractivity (Wildman–Crippen MR) is 67.3 cm³/mol. The van der Waals surface area contributed by atoms with Crippen molar-refractivity contribution < 1.29 is 14.6 Å². The van der Waals surface area contributed by atoms with Crippen molar-refractivity contribution in [3.05, 3.63) is 29.3 Å². The van der Waals surface area contributed by atoms with Crippen molar-refractivity contribution in [1.29, 1.82) is 0 Å². The van der Waals surface area contributed by atoms with Crippen LogP contribution in [-0.2, 0) is 0 Å². The van der Waals surface area contributed by atoms with E-state index in [4.69, 9.17) is 20.4 Å². The quantitative estimate of drug-likeness (QED) is 0.748. The van der Waals surface area contributed by atoms with Crippen LogP contribution < -0.4 is 16.2 Å². The standard InChI is InChI=1S/C11H17NO.CH3NO2/c1-8-5-4-6-9(2)11(8)13-7-10(3)12;2-1(3)4/h4-6,10H,7,12H2,1-3H3;2H2,(H,3,4). The topological polar surface area (TPSA) is 98.6 Å². The summed E-state index contributed by atoms with van der Waals surface area (Å²) in [7, 11) is 0. The minimum absolute atomic E-state index is 0.0824. The molecule has 0 saturated carbocycles. The van der Waals surface area contributed by atoms with Crippen molar-refractivity contribution >= 4 is 6.09 Å². The molecule has 17 heavy (non-hydrogen) atoms. The van der Waals surface area contributed by atoms with Gasteiger partial charge < -0.3 is 21.3 Å². The fourth-order valence-electron chi connectivity index (χ4n) is 1.24. The van der Waals surface area contributed by atoms with E-state index in [-0.39, 0.29) is 6.04 Å². The van der Waals surface area contributed by atoms with Crippen LogP contribution in [0.4, 0.5) is 4.79 Å². The maximum absolute atomic E-state index is 8.78. The minimum atomic E-state index is -1.33. The van der Waals surface area contributed by atoms with E-state index in [1.54, 1.807) is 0 Å². The summed E-state index contributed by atoms with van der Waals surface area (Å²) >= 11 is 0. The molecule has 1 aromatic carbocycles. The number of carbonyl (C=O) groups is 1. The number of benzene rings is 1. The van der Waals surface area contributed by atoms with Gasteiger partial charge in [-0.1, -0.05) is 18.2 Å². The highest BCUT2D eigenvalue weighted by atomic mass is 16.5. The van der Waals surface area contributed by atoms with E-state index in [1.807, 2.05) is 39.0 Å². The summed E-state index contributed by atoms with van der Waals surface area (Å²) in [4.78, 5) is 8.78. The maximum atomic E-state index is 8.78. The van der Waals surface area contributed by atoms with Gasteiger partial charge in [0.2, 0.25) is 0 Å². The highest BCUT2D eigenvalue weighted by Gasteiger charge is 2.03. The third kappa shape index (κ3) is 7.19. The third-order valence-corrected chi connectivity index (χ3v) is 1.90. The molecule has 1 amide bonds. The molecular weight excluding hydrogens is 220 g/mol. The van der Waals surface area contributed by atoms with E-state index in [0.717, 1.165) is 5.75 Å². The van der Waals surface area contributed by atoms with Crippen LogP contribution in [0, 0.1) is 13.8 Å². The molecule has 0 aromatic heterocycles. The van der Waals surface area contributed by atoms with Crippen molar-refractivity contribution in [2.45, 2.75) is 26.8 Å². The molecule has 5 N–H and O–H groups in total. The molecule has 1 atom stereocenters. The molecule has 5 heteroatoms. The Labute approximate surface area is 101 Å². The first-order chi connectivity index (χ1) is 7.84. The van der Waals surface area contributed by atoms with E-state index >= 15 is 0 Å². The van der Waals surface area contributed by atoms with Gasteiger partial charge in [0, 0.05) is 6.04 Å². The molecule has 0 spiro atoms. The third-order valence-electron chi connectivity index (χ3n) is 1.90. The van der Waals surface area contributed by atoms with Gasteiger partial charge in [0.15, 0.2) is 0 Å². The second kappa shape index (κ2) is 7.51.